The van der Waals surface area contributed by atoms with Crippen molar-refractivity contribution in [1.29, 1.82) is 0 Å². The maximum atomic E-state index is 12.4. The number of aryl methyl sites for hydroxylation is 2. The van der Waals surface area contributed by atoms with E-state index in [4.69, 9.17) is 9.15 Å². The molecule has 0 bridgehead atoms. The predicted octanol–water partition coefficient (Wildman–Crippen LogP) is 4.19. The number of halogens is 1. The minimum atomic E-state index is -0.439. The molecule has 1 heterocycles. The summed E-state index contributed by atoms with van der Waals surface area (Å²) in [5, 5.41) is 6.17. The second kappa shape index (κ2) is 7.84. The van der Waals surface area contributed by atoms with Gasteiger partial charge in [0.15, 0.2) is 5.76 Å². The molecule has 0 aliphatic rings. The number of benzene rings is 2. The highest BCUT2D eigenvalue weighted by Crippen LogP contribution is 2.28. The van der Waals surface area contributed by atoms with Crippen LogP contribution in [0.5, 0.6) is 5.75 Å². The van der Waals surface area contributed by atoms with Crippen molar-refractivity contribution >= 4 is 44.4 Å². The molecule has 3 aromatic rings. The average molecular weight is 431 g/mol. The Balaban J connectivity index is 1.67. The highest BCUT2D eigenvalue weighted by molar-refractivity contribution is 9.10. The standard InChI is InChI=1S/C20H19BrN2O4/c1-11-8-13(21)4-6-16(11)23-18(24)10-22-20(25)19-12(2)15-9-14(26-3)5-7-17(15)27-19/h4-9H,10H2,1-3H3,(H,22,25)(H,23,24). The molecule has 0 saturated heterocycles. The van der Waals surface area contributed by atoms with E-state index in [-0.39, 0.29) is 18.2 Å². The van der Waals surface area contributed by atoms with Crippen LogP contribution in [0.2, 0.25) is 0 Å². The molecule has 2 N–H and O–H groups in total. The highest BCUT2D eigenvalue weighted by Gasteiger charge is 2.18. The lowest BCUT2D eigenvalue weighted by molar-refractivity contribution is -0.115. The first-order chi connectivity index (χ1) is 12.9. The van der Waals surface area contributed by atoms with Crippen LogP contribution in [-0.2, 0) is 4.79 Å². The molecule has 140 valence electrons. The molecule has 0 spiro atoms. The number of methoxy groups -OCH3 is 1. The molecule has 2 amide bonds. The SMILES string of the molecule is COc1ccc2oc(C(=O)NCC(=O)Nc3ccc(Br)cc3C)c(C)c2c1. The number of anilines is 1. The number of hydrogen-bond donors (Lipinski definition) is 2. The lowest BCUT2D eigenvalue weighted by atomic mass is 10.1. The molecule has 0 atom stereocenters. The Hall–Kier alpha value is -2.80. The van der Waals surface area contributed by atoms with Crippen LogP contribution in [0.25, 0.3) is 11.0 Å². The predicted molar refractivity (Wildman–Crippen MR) is 107 cm³/mol. The van der Waals surface area contributed by atoms with Crippen LogP contribution in [-0.4, -0.2) is 25.5 Å². The summed E-state index contributed by atoms with van der Waals surface area (Å²) in [5.41, 5.74) is 2.91. The summed E-state index contributed by atoms with van der Waals surface area (Å²) in [6.07, 6.45) is 0. The van der Waals surface area contributed by atoms with Gasteiger partial charge in [0.25, 0.3) is 5.91 Å². The van der Waals surface area contributed by atoms with Crippen molar-refractivity contribution in [2.45, 2.75) is 13.8 Å². The second-order valence-electron chi connectivity index (χ2n) is 6.11. The monoisotopic (exact) mass is 430 g/mol. The molecule has 3 rings (SSSR count). The third-order valence-electron chi connectivity index (χ3n) is 4.22. The molecule has 7 heteroatoms. The molecule has 1 aromatic heterocycles. The van der Waals surface area contributed by atoms with Crippen molar-refractivity contribution in [2.75, 3.05) is 19.0 Å². The smallest absolute Gasteiger partial charge is 0.287 e. The molecule has 0 saturated carbocycles. The van der Waals surface area contributed by atoms with Crippen LogP contribution in [0.1, 0.15) is 21.7 Å². The zero-order chi connectivity index (χ0) is 19.6. The van der Waals surface area contributed by atoms with Gasteiger partial charge in [0, 0.05) is 21.1 Å². The first-order valence-electron chi connectivity index (χ1n) is 8.30. The Morgan fingerprint density at radius 2 is 1.93 bits per heavy atom. The van der Waals surface area contributed by atoms with Gasteiger partial charge in [-0.3, -0.25) is 9.59 Å². The van der Waals surface area contributed by atoms with Gasteiger partial charge in [0.1, 0.15) is 11.3 Å². The Kier molecular flexibility index (Phi) is 5.51. The quantitative estimate of drug-likeness (QED) is 0.635. The fraction of sp³-hybridized carbons (Fsp3) is 0.200. The summed E-state index contributed by atoms with van der Waals surface area (Å²) in [4.78, 5) is 24.6. The van der Waals surface area contributed by atoms with Crippen LogP contribution >= 0.6 is 15.9 Å². The third kappa shape index (κ3) is 4.14. The maximum Gasteiger partial charge on any atom is 0.287 e. The number of furan rings is 1. The minimum Gasteiger partial charge on any atom is -0.497 e. The molecular weight excluding hydrogens is 412 g/mol. The van der Waals surface area contributed by atoms with E-state index < -0.39 is 5.91 Å². The lowest BCUT2D eigenvalue weighted by Gasteiger charge is -2.09. The van der Waals surface area contributed by atoms with Gasteiger partial charge in [-0.2, -0.15) is 0 Å². The highest BCUT2D eigenvalue weighted by atomic mass is 79.9. The van der Waals surface area contributed by atoms with E-state index in [9.17, 15) is 9.59 Å². The summed E-state index contributed by atoms with van der Waals surface area (Å²) in [6.45, 7) is 3.53. The van der Waals surface area contributed by atoms with Crippen LogP contribution in [0.3, 0.4) is 0 Å². The zero-order valence-electron chi connectivity index (χ0n) is 15.2. The maximum absolute atomic E-state index is 12.4. The second-order valence-corrected chi connectivity index (χ2v) is 7.02. The number of hydrogen-bond acceptors (Lipinski definition) is 4. The van der Waals surface area contributed by atoms with Crippen LogP contribution in [0.15, 0.2) is 45.3 Å². The van der Waals surface area contributed by atoms with Gasteiger partial charge < -0.3 is 19.8 Å². The largest absolute Gasteiger partial charge is 0.497 e. The van der Waals surface area contributed by atoms with Crippen molar-refractivity contribution in [3.8, 4) is 5.75 Å². The van der Waals surface area contributed by atoms with E-state index in [1.807, 2.05) is 25.1 Å². The summed E-state index contributed by atoms with van der Waals surface area (Å²) in [5.74, 6) is 0.114. The Labute approximate surface area is 165 Å². The fourth-order valence-corrected chi connectivity index (χ4v) is 3.22. The molecule has 0 unspecified atom stereocenters. The van der Waals surface area contributed by atoms with Gasteiger partial charge in [0.2, 0.25) is 5.91 Å². The molecule has 0 fully saturated rings. The Morgan fingerprint density at radius 3 is 2.63 bits per heavy atom. The van der Waals surface area contributed by atoms with Crippen molar-refractivity contribution in [1.82, 2.24) is 5.32 Å². The molecule has 6 nitrogen and oxygen atoms in total. The van der Waals surface area contributed by atoms with Crippen molar-refractivity contribution in [2.24, 2.45) is 0 Å². The van der Waals surface area contributed by atoms with Gasteiger partial charge in [-0.25, -0.2) is 0 Å². The van der Waals surface area contributed by atoms with Gasteiger partial charge in [0.05, 0.1) is 13.7 Å². The Bertz CT molecular complexity index is 1030. The van der Waals surface area contributed by atoms with Gasteiger partial charge >= 0.3 is 0 Å². The number of nitrogens with one attached hydrogen (secondary N) is 2. The van der Waals surface area contributed by atoms with Gasteiger partial charge in [-0.05, 0) is 55.8 Å². The zero-order valence-corrected chi connectivity index (χ0v) is 16.8. The number of rotatable bonds is 5. The van der Waals surface area contributed by atoms with E-state index in [1.54, 1.807) is 32.2 Å². The first kappa shape index (κ1) is 19.0. The average Bonchev–Trinajstić information content (AvgIpc) is 2.98. The van der Waals surface area contributed by atoms with E-state index in [1.165, 1.54) is 0 Å². The third-order valence-corrected chi connectivity index (χ3v) is 4.71. The van der Waals surface area contributed by atoms with E-state index in [2.05, 4.69) is 26.6 Å². The molecule has 27 heavy (non-hydrogen) atoms. The van der Waals surface area contributed by atoms with Gasteiger partial charge in [-0.15, -0.1) is 0 Å². The molecular formula is C20H19BrN2O4. The normalized spacial score (nSPS) is 10.7. The summed E-state index contributed by atoms with van der Waals surface area (Å²) < 4.78 is 11.8. The lowest BCUT2D eigenvalue weighted by Crippen LogP contribution is -2.33. The number of carbonyl (C=O) groups is 2. The molecule has 0 radical (unpaired) electrons. The van der Waals surface area contributed by atoms with E-state index >= 15 is 0 Å². The Morgan fingerprint density at radius 1 is 1.15 bits per heavy atom. The molecule has 2 aromatic carbocycles. The van der Waals surface area contributed by atoms with Crippen LogP contribution in [0.4, 0.5) is 5.69 Å². The molecule has 0 aliphatic carbocycles. The summed E-state index contributed by atoms with van der Waals surface area (Å²) in [7, 11) is 1.58. The number of ether oxygens (including phenoxy) is 1. The van der Waals surface area contributed by atoms with E-state index in [0.29, 0.717) is 22.6 Å². The number of amides is 2. The van der Waals surface area contributed by atoms with Crippen LogP contribution < -0.4 is 15.4 Å². The van der Waals surface area contributed by atoms with Crippen molar-refractivity contribution in [3.05, 3.63) is 57.8 Å². The number of fused-ring (bicyclic) bond motifs is 1. The molecule has 0 aliphatic heterocycles. The van der Waals surface area contributed by atoms with E-state index in [0.717, 1.165) is 15.4 Å². The summed E-state index contributed by atoms with van der Waals surface area (Å²) in [6, 6.07) is 10.9. The van der Waals surface area contributed by atoms with Gasteiger partial charge in [-0.1, -0.05) is 15.9 Å². The first-order valence-corrected chi connectivity index (χ1v) is 9.09. The fourth-order valence-electron chi connectivity index (χ4n) is 2.75. The summed E-state index contributed by atoms with van der Waals surface area (Å²) >= 11 is 3.38. The topological polar surface area (TPSA) is 80.6 Å². The van der Waals surface area contributed by atoms with Crippen LogP contribution in [0, 0.1) is 13.8 Å². The minimum absolute atomic E-state index is 0.159. The van der Waals surface area contributed by atoms with Crippen molar-refractivity contribution in [3.63, 3.8) is 0 Å². The van der Waals surface area contributed by atoms with Crippen molar-refractivity contribution < 1.29 is 18.7 Å². The number of carbonyl (C=O) groups excluding carboxylic acids is 2.